The first kappa shape index (κ1) is 17.2. The Labute approximate surface area is 151 Å². The number of nitrogens with one attached hydrogen (secondary N) is 1. The van der Waals surface area contributed by atoms with Crippen molar-refractivity contribution < 1.29 is 17.6 Å². The number of aryl methyl sites for hydroxylation is 1. The molecule has 0 spiro atoms. The molecular weight excluding hydrogens is 355 g/mol. The number of carbonyl (C=O) groups is 1. The van der Waals surface area contributed by atoms with Crippen molar-refractivity contribution in [2.45, 2.75) is 43.2 Å². The van der Waals surface area contributed by atoms with Gasteiger partial charge in [-0.3, -0.25) is 4.79 Å². The van der Waals surface area contributed by atoms with Gasteiger partial charge in [-0.2, -0.15) is 4.31 Å². The first-order chi connectivity index (χ1) is 12.4. The Morgan fingerprint density at radius 3 is 2.62 bits per heavy atom. The van der Waals surface area contributed by atoms with Crippen LogP contribution in [-0.2, 0) is 27.8 Å². The van der Waals surface area contributed by atoms with Crippen LogP contribution in [0.5, 0.6) is 0 Å². The van der Waals surface area contributed by atoms with Crippen molar-refractivity contribution in [2.75, 3.05) is 5.32 Å². The molecule has 0 unspecified atom stereocenters. The molecule has 1 saturated carbocycles. The van der Waals surface area contributed by atoms with E-state index in [0.717, 1.165) is 18.4 Å². The van der Waals surface area contributed by atoms with Crippen molar-refractivity contribution in [3.05, 3.63) is 59.4 Å². The van der Waals surface area contributed by atoms with E-state index in [-0.39, 0.29) is 23.4 Å². The maximum Gasteiger partial charge on any atom is 0.243 e. The van der Waals surface area contributed by atoms with Crippen LogP contribution in [-0.4, -0.2) is 24.7 Å². The molecule has 136 valence electrons. The Morgan fingerprint density at radius 1 is 1.12 bits per heavy atom. The molecule has 1 aliphatic heterocycles. The first-order valence-electron chi connectivity index (χ1n) is 8.63. The number of hydrogen-bond acceptors (Lipinski definition) is 3. The predicted molar refractivity (Wildman–Crippen MR) is 95.5 cm³/mol. The van der Waals surface area contributed by atoms with Crippen molar-refractivity contribution in [2.24, 2.45) is 0 Å². The summed E-state index contributed by atoms with van der Waals surface area (Å²) >= 11 is 0. The highest BCUT2D eigenvalue weighted by molar-refractivity contribution is 7.89. The molecule has 0 bridgehead atoms. The van der Waals surface area contributed by atoms with Crippen LogP contribution in [0.15, 0.2) is 47.4 Å². The lowest BCUT2D eigenvalue weighted by Gasteiger charge is -2.24. The van der Waals surface area contributed by atoms with Crippen LogP contribution in [0, 0.1) is 5.82 Å². The lowest BCUT2D eigenvalue weighted by atomic mass is 10.0. The van der Waals surface area contributed by atoms with E-state index in [4.69, 9.17) is 0 Å². The zero-order valence-electron chi connectivity index (χ0n) is 14.1. The van der Waals surface area contributed by atoms with Crippen LogP contribution in [0.4, 0.5) is 10.1 Å². The molecular formula is C19H19FN2O3S. The highest BCUT2D eigenvalue weighted by Gasteiger charge is 2.38. The fraction of sp³-hybridized carbons (Fsp3) is 0.316. The molecule has 0 radical (unpaired) electrons. The first-order valence-corrected chi connectivity index (χ1v) is 10.1. The third-order valence-electron chi connectivity index (χ3n) is 4.82. The number of hydrogen-bond donors (Lipinski definition) is 1. The second-order valence-corrected chi connectivity index (χ2v) is 8.63. The summed E-state index contributed by atoms with van der Waals surface area (Å²) < 4.78 is 41.8. The van der Waals surface area contributed by atoms with Gasteiger partial charge in [-0.05, 0) is 49.1 Å². The van der Waals surface area contributed by atoms with Crippen LogP contribution in [0.25, 0.3) is 0 Å². The van der Waals surface area contributed by atoms with Crippen molar-refractivity contribution in [3.8, 4) is 0 Å². The van der Waals surface area contributed by atoms with E-state index in [2.05, 4.69) is 5.32 Å². The Balaban J connectivity index is 1.67. The summed E-state index contributed by atoms with van der Waals surface area (Å²) in [6, 6.07) is 10.9. The van der Waals surface area contributed by atoms with Gasteiger partial charge in [-0.25, -0.2) is 12.8 Å². The third-order valence-corrected chi connectivity index (χ3v) is 6.71. The molecule has 0 aromatic heterocycles. The number of halogens is 1. The van der Waals surface area contributed by atoms with Crippen LogP contribution < -0.4 is 5.32 Å². The molecule has 1 N–H and O–H groups in total. The number of nitrogens with zero attached hydrogens (tertiary/aromatic N) is 1. The van der Waals surface area contributed by atoms with Gasteiger partial charge >= 0.3 is 0 Å². The molecule has 2 aliphatic rings. The van der Waals surface area contributed by atoms with Gasteiger partial charge in [0.15, 0.2) is 0 Å². The van der Waals surface area contributed by atoms with E-state index in [1.165, 1.54) is 16.4 Å². The molecule has 2 aromatic rings. The van der Waals surface area contributed by atoms with E-state index in [1.54, 1.807) is 30.3 Å². The largest absolute Gasteiger partial charge is 0.326 e. The summed E-state index contributed by atoms with van der Waals surface area (Å²) in [6.45, 7) is 0.0213. The molecule has 0 saturated heterocycles. The number of amides is 1. The number of carbonyl (C=O) groups excluding carboxylic acids is 1. The van der Waals surface area contributed by atoms with E-state index < -0.39 is 15.8 Å². The monoisotopic (exact) mass is 374 g/mol. The van der Waals surface area contributed by atoms with Gasteiger partial charge in [-0.1, -0.05) is 18.2 Å². The summed E-state index contributed by atoms with van der Waals surface area (Å²) in [7, 11) is -3.75. The predicted octanol–water partition coefficient (Wildman–Crippen LogP) is 3.06. The molecule has 1 amide bonds. The molecule has 1 heterocycles. The van der Waals surface area contributed by atoms with Crippen LogP contribution in [0.2, 0.25) is 0 Å². The number of fused-ring (bicyclic) bond motifs is 1. The minimum absolute atomic E-state index is 0.0213. The second kappa shape index (κ2) is 6.48. The fourth-order valence-electron chi connectivity index (χ4n) is 3.22. The summed E-state index contributed by atoms with van der Waals surface area (Å²) in [5.74, 6) is -0.464. The van der Waals surface area contributed by atoms with Gasteiger partial charge in [-0.15, -0.1) is 0 Å². The Bertz CT molecular complexity index is 970. The summed E-state index contributed by atoms with van der Waals surface area (Å²) in [6.07, 6.45) is 2.43. The maximum absolute atomic E-state index is 14.0. The number of benzene rings is 2. The van der Waals surface area contributed by atoms with Crippen LogP contribution in [0.3, 0.4) is 0 Å². The molecule has 5 nitrogen and oxygen atoms in total. The Morgan fingerprint density at radius 2 is 1.88 bits per heavy atom. The molecule has 2 aromatic carbocycles. The Kier molecular flexibility index (Phi) is 4.28. The standard InChI is InChI=1S/C19H19FN2O3S/c20-17-4-2-1-3-14(17)12-22(15-6-7-15)26(24,25)16-8-9-18-13(11-16)5-10-19(23)21-18/h1-4,8-9,11,15H,5-7,10,12H2,(H,21,23). The SMILES string of the molecule is O=C1CCc2cc(S(=O)(=O)N(Cc3ccccc3F)C3CC3)ccc2N1. The highest BCUT2D eigenvalue weighted by Crippen LogP contribution is 2.35. The van der Waals surface area contributed by atoms with E-state index in [0.29, 0.717) is 24.1 Å². The molecule has 26 heavy (non-hydrogen) atoms. The van der Waals surface area contributed by atoms with E-state index in [9.17, 15) is 17.6 Å². The zero-order chi connectivity index (χ0) is 18.3. The average molecular weight is 374 g/mol. The lowest BCUT2D eigenvalue weighted by molar-refractivity contribution is -0.116. The van der Waals surface area contributed by atoms with Gasteiger partial charge in [0, 0.05) is 30.3 Å². The van der Waals surface area contributed by atoms with Gasteiger partial charge in [0.05, 0.1) is 4.90 Å². The van der Waals surface area contributed by atoms with Gasteiger partial charge in [0.2, 0.25) is 15.9 Å². The Hall–Kier alpha value is -2.25. The summed E-state index contributed by atoms with van der Waals surface area (Å²) in [4.78, 5) is 11.7. The number of anilines is 1. The highest BCUT2D eigenvalue weighted by atomic mass is 32.2. The molecule has 1 aliphatic carbocycles. The van der Waals surface area contributed by atoms with Gasteiger partial charge in [0.25, 0.3) is 0 Å². The quantitative estimate of drug-likeness (QED) is 0.875. The number of sulfonamides is 1. The molecule has 1 fully saturated rings. The van der Waals surface area contributed by atoms with Crippen molar-refractivity contribution in [1.29, 1.82) is 0 Å². The molecule has 7 heteroatoms. The van der Waals surface area contributed by atoms with Gasteiger partial charge < -0.3 is 5.32 Å². The van der Waals surface area contributed by atoms with Crippen LogP contribution in [0.1, 0.15) is 30.4 Å². The topological polar surface area (TPSA) is 66.5 Å². The summed E-state index contributed by atoms with van der Waals surface area (Å²) in [5.41, 5.74) is 1.84. The summed E-state index contributed by atoms with van der Waals surface area (Å²) in [5, 5.41) is 2.75. The van der Waals surface area contributed by atoms with Gasteiger partial charge in [0.1, 0.15) is 5.82 Å². The molecule has 0 atom stereocenters. The second-order valence-electron chi connectivity index (χ2n) is 6.74. The minimum atomic E-state index is -3.75. The normalized spacial score (nSPS) is 17.1. The van der Waals surface area contributed by atoms with Crippen molar-refractivity contribution in [1.82, 2.24) is 4.31 Å². The third kappa shape index (κ3) is 3.24. The van der Waals surface area contributed by atoms with Crippen molar-refractivity contribution in [3.63, 3.8) is 0 Å². The zero-order valence-corrected chi connectivity index (χ0v) is 14.9. The van der Waals surface area contributed by atoms with Crippen molar-refractivity contribution >= 4 is 21.6 Å². The minimum Gasteiger partial charge on any atom is -0.326 e. The number of rotatable bonds is 5. The lowest BCUT2D eigenvalue weighted by Crippen LogP contribution is -2.33. The van der Waals surface area contributed by atoms with Crippen LogP contribution >= 0.6 is 0 Å². The maximum atomic E-state index is 14.0. The smallest absolute Gasteiger partial charge is 0.243 e. The fourth-order valence-corrected chi connectivity index (χ4v) is 4.94. The van der Waals surface area contributed by atoms with E-state index >= 15 is 0 Å². The molecule has 4 rings (SSSR count). The average Bonchev–Trinajstić information content (AvgIpc) is 3.45. The van der Waals surface area contributed by atoms with E-state index in [1.807, 2.05) is 0 Å².